The van der Waals surface area contributed by atoms with Crippen molar-refractivity contribution in [1.82, 2.24) is 9.97 Å². The molecule has 2 fully saturated rings. The number of benzene rings is 2. The fraction of sp³-hybridized carbons (Fsp3) is 0.320. The largest absolute Gasteiger partial charge is 0.497 e. The fourth-order valence-electron chi connectivity index (χ4n) is 4.13. The lowest BCUT2D eigenvalue weighted by atomic mass is 10.1. The van der Waals surface area contributed by atoms with E-state index in [-0.39, 0.29) is 24.9 Å². The van der Waals surface area contributed by atoms with Crippen molar-refractivity contribution in [1.29, 1.82) is 0 Å². The number of hydrogen-bond donors (Lipinski definition) is 2. The Labute approximate surface area is 197 Å². The van der Waals surface area contributed by atoms with E-state index < -0.39 is 12.2 Å². The summed E-state index contributed by atoms with van der Waals surface area (Å²) in [6.45, 7) is 2.65. The summed E-state index contributed by atoms with van der Waals surface area (Å²) < 4.78 is 22.6. The van der Waals surface area contributed by atoms with Crippen LogP contribution in [0.3, 0.4) is 0 Å². The van der Waals surface area contributed by atoms with Gasteiger partial charge in [0.25, 0.3) is 0 Å². The van der Waals surface area contributed by atoms with E-state index in [2.05, 4.69) is 20.6 Å². The third-order valence-corrected chi connectivity index (χ3v) is 5.92. The lowest BCUT2D eigenvalue weighted by Gasteiger charge is -2.18. The molecule has 2 N–H and O–H groups in total. The number of aromatic nitrogens is 2. The molecule has 1 amide bonds. The summed E-state index contributed by atoms with van der Waals surface area (Å²) in [5, 5.41) is 6.05. The molecule has 9 nitrogen and oxygen atoms in total. The van der Waals surface area contributed by atoms with E-state index in [0.717, 1.165) is 22.6 Å². The smallest absolute Gasteiger partial charge is 0.412 e. The van der Waals surface area contributed by atoms with Gasteiger partial charge in [-0.1, -0.05) is 17.7 Å². The molecule has 2 aromatic carbocycles. The molecule has 0 aliphatic carbocycles. The van der Waals surface area contributed by atoms with Gasteiger partial charge in [0.15, 0.2) is 6.10 Å². The van der Waals surface area contributed by atoms with E-state index in [1.54, 1.807) is 13.3 Å². The molecule has 34 heavy (non-hydrogen) atoms. The third-order valence-electron chi connectivity index (χ3n) is 5.92. The molecular formula is C25H26N4O5. The van der Waals surface area contributed by atoms with E-state index in [1.807, 2.05) is 61.5 Å². The second-order valence-corrected chi connectivity index (χ2v) is 8.28. The Morgan fingerprint density at radius 1 is 1.00 bits per heavy atom. The van der Waals surface area contributed by atoms with Crippen LogP contribution in [0.15, 0.2) is 60.8 Å². The number of fused-ring (bicyclic) bond motifs is 1. The molecule has 0 saturated carbocycles. The number of hydrogen-bond acceptors (Lipinski definition) is 8. The van der Waals surface area contributed by atoms with Crippen molar-refractivity contribution in [3.8, 4) is 17.0 Å². The average molecular weight is 463 g/mol. The number of amides is 1. The van der Waals surface area contributed by atoms with Gasteiger partial charge in [0.1, 0.15) is 18.0 Å². The van der Waals surface area contributed by atoms with Gasteiger partial charge in [0.05, 0.1) is 32.1 Å². The van der Waals surface area contributed by atoms with E-state index >= 15 is 0 Å². The van der Waals surface area contributed by atoms with Crippen LogP contribution in [0.4, 0.5) is 16.4 Å². The molecule has 176 valence electrons. The third kappa shape index (κ3) is 4.80. The van der Waals surface area contributed by atoms with Crippen molar-refractivity contribution < 1.29 is 23.7 Å². The number of anilines is 2. The van der Waals surface area contributed by atoms with Gasteiger partial charge in [-0.2, -0.15) is 0 Å². The number of aryl methyl sites for hydroxylation is 1. The lowest BCUT2D eigenvalue weighted by molar-refractivity contribution is 0.00917. The Hall–Kier alpha value is -3.69. The summed E-state index contributed by atoms with van der Waals surface area (Å²) in [4.78, 5) is 21.3. The van der Waals surface area contributed by atoms with Crippen LogP contribution in [0, 0.1) is 6.92 Å². The lowest BCUT2D eigenvalue weighted by Crippen LogP contribution is -2.38. The number of rotatable bonds is 6. The highest BCUT2D eigenvalue weighted by Crippen LogP contribution is 2.31. The standard InChI is InChI=1S/C25H26N4O5/c1-15-3-7-17(8-4-15)27-25(30)34-21-14-33-22-20(13-32-23(21)22)29-24-26-12-11-19(28-24)16-5-9-18(31-2)10-6-16/h3-12,20-23H,13-14H2,1-2H3,(H,27,30)(H,26,28,29)/t20-,21+,22+,23+/m0/s1. The topological polar surface area (TPSA) is 104 Å². The number of carbonyl (C=O) groups is 1. The number of carbonyl (C=O) groups excluding carboxylic acids is 1. The average Bonchev–Trinajstić information content (AvgIpc) is 3.44. The summed E-state index contributed by atoms with van der Waals surface area (Å²) >= 11 is 0. The molecule has 3 aromatic rings. The van der Waals surface area contributed by atoms with E-state index in [1.165, 1.54) is 0 Å². The molecular weight excluding hydrogens is 436 g/mol. The van der Waals surface area contributed by atoms with Crippen LogP contribution >= 0.6 is 0 Å². The first kappa shape index (κ1) is 22.1. The van der Waals surface area contributed by atoms with E-state index in [9.17, 15) is 4.79 Å². The van der Waals surface area contributed by atoms with Crippen LogP contribution in [0.25, 0.3) is 11.3 Å². The molecule has 4 atom stereocenters. The van der Waals surface area contributed by atoms with Gasteiger partial charge in [-0.05, 0) is 49.4 Å². The molecule has 2 aliphatic rings. The van der Waals surface area contributed by atoms with Gasteiger partial charge in [-0.3, -0.25) is 5.32 Å². The zero-order valence-corrected chi connectivity index (χ0v) is 18.9. The highest BCUT2D eigenvalue weighted by atomic mass is 16.6. The minimum absolute atomic E-state index is 0.162. The van der Waals surface area contributed by atoms with Crippen LogP contribution in [-0.4, -0.2) is 60.7 Å². The van der Waals surface area contributed by atoms with Crippen LogP contribution in [0.2, 0.25) is 0 Å². The zero-order valence-electron chi connectivity index (χ0n) is 18.9. The van der Waals surface area contributed by atoms with Crippen molar-refractivity contribution in [2.24, 2.45) is 0 Å². The Morgan fingerprint density at radius 2 is 1.76 bits per heavy atom. The van der Waals surface area contributed by atoms with Gasteiger partial charge in [-0.25, -0.2) is 14.8 Å². The number of nitrogens with one attached hydrogen (secondary N) is 2. The van der Waals surface area contributed by atoms with Crippen molar-refractivity contribution in [2.75, 3.05) is 31.0 Å². The van der Waals surface area contributed by atoms with Crippen LogP contribution in [0.5, 0.6) is 5.75 Å². The minimum Gasteiger partial charge on any atom is -0.497 e. The maximum absolute atomic E-state index is 12.3. The molecule has 0 unspecified atom stereocenters. The zero-order chi connectivity index (χ0) is 23.5. The summed E-state index contributed by atoms with van der Waals surface area (Å²) in [5.74, 6) is 1.26. The first-order valence-electron chi connectivity index (χ1n) is 11.1. The maximum Gasteiger partial charge on any atom is 0.412 e. The highest BCUT2D eigenvalue weighted by molar-refractivity contribution is 5.84. The molecule has 3 heterocycles. The van der Waals surface area contributed by atoms with Gasteiger partial charge < -0.3 is 24.3 Å². The van der Waals surface area contributed by atoms with Crippen LogP contribution in [-0.2, 0) is 14.2 Å². The minimum atomic E-state index is -0.534. The predicted octanol–water partition coefficient (Wildman–Crippen LogP) is 3.66. The Morgan fingerprint density at radius 3 is 2.53 bits per heavy atom. The van der Waals surface area contributed by atoms with E-state index in [4.69, 9.17) is 18.9 Å². The summed E-state index contributed by atoms with van der Waals surface area (Å²) in [7, 11) is 1.63. The molecule has 5 rings (SSSR count). The number of ether oxygens (including phenoxy) is 4. The first-order chi connectivity index (χ1) is 16.6. The molecule has 1 aromatic heterocycles. The first-order valence-corrected chi connectivity index (χ1v) is 11.1. The second-order valence-electron chi connectivity index (χ2n) is 8.28. The molecule has 9 heteroatoms. The predicted molar refractivity (Wildman–Crippen MR) is 126 cm³/mol. The maximum atomic E-state index is 12.3. The van der Waals surface area contributed by atoms with Gasteiger partial charge in [0, 0.05) is 17.4 Å². The summed E-state index contributed by atoms with van der Waals surface area (Å²) in [6.07, 6.45) is 0.0536. The van der Waals surface area contributed by atoms with E-state index in [0.29, 0.717) is 18.2 Å². The summed E-state index contributed by atoms with van der Waals surface area (Å²) in [5.41, 5.74) is 3.53. The fourth-order valence-corrected chi connectivity index (χ4v) is 4.13. The van der Waals surface area contributed by atoms with Crippen molar-refractivity contribution in [2.45, 2.75) is 31.3 Å². The molecule has 2 saturated heterocycles. The van der Waals surface area contributed by atoms with Crippen molar-refractivity contribution in [3.05, 3.63) is 66.4 Å². The number of nitrogens with zero attached hydrogens (tertiary/aromatic N) is 2. The van der Waals surface area contributed by atoms with Crippen LogP contribution in [0.1, 0.15) is 5.56 Å². The summed E-state index contributed by atoms with van der Waals surface area (Å²) in [6, 6.07) is 16.9. The second kappa shape index (κ2) is 9.66. The molecule has 0 radical (unpaired) electrons. The van der Waals surface area contributed by atoms with Crippen molar-refractivity contribution in [3.63, 3.8) is 0 Å². The Kier molecular flexibility index (Phi) is 6.29. The SMILES string of the molecule is COc1ccc(-c2ccnc(N[C@H]3CO[C@H]4[C@@H]3OC[C@H]4OC(=O)Nc3ccc(C)cc3)n2)cc1. The monoisotopic (exact) mass is 462 g/mol. The Bertz CT molecular complexity index is 1140. The van der Waals surface area contributed by atoms with Gasteiger partial charge in [0.2, 0.25) is 5.95 Å². The van der Waals surface area contributed by atoms with Crippen LogP contribution < -0.4 is 15.4 Å². The highest BCUT2D eigenvalue weighted by Gasteiger charge is 2.49. The molecule has 2 aliphatic heterocycles. The van der Waals surface area contributed by atoms with Crippen molar-refractivity contribution >= 4 is 17.7 Å². The normalized spacial score (nSPS) is 23.2. The quantitative estimate of drug-likeness (QED) is 0.572. The molecule has 0 spiro atoms. The Balaban J connectivity index is 1.19. The van der Waals surface area contributed by atoms with Gasteiger partial charge >= 0.3 is 6.09 Å². The van der Waals surface area contributed by atoms with Gasteiger partial charge in [-0.15, -0.1) is 0 Å². The molecule has 0 bridgehead atoms. The number of methoxy groups -OCH3 is 1.